The summed E-state index contributed by atoms with van der Waals surface area (Å²) in [5.41, 5.74) is 10.8. The molecular formula is C10H11N3O. The Balaban J connectivity index is 2.41. The van der Waals surface area contributed by atoms with E-state index in [1.165, 1.54) is 5.56 Å². The van der Waals surface area contributed by atoms with Crippen molar-refractivity contribution in [3.05, 3.63) is 39.8 Å². The zero-order valence-electron chi connectivity index (χ0n) is 7.97. The number of rotatable bonds is 2. The van der Waals surface area contributed by atoms with E-state index in [0.29, 0.717) is 0 Å². The normalized spacial score (nSPS) is 18.5. The molecule has 0 aliphatic heterocycles. The average molecular weight is 189 g/mol. The van der Waals surface area contributed by atoms with Crippen LogP contribution in [-0.2, 0) is 6.42 Å². The zero-order valence-corrected chi connectivity index (χ0v) is 7.97. The van der Waals surface area contributed by atoms with Crippen LogP contribution in [-0.4, -0.2) is 7.11 Å². The Morgan fingerprint density at radius 1 is 1.57 bits per heavy atom. The molecule has 14 heavy (non-hydrogen) atoms. The monoisotopic (exact) mass is 189 g/mol. The van der Waals surface area contributed by atoms with Crippen molar-refractivity contribution >= 4 is 0 Å². The molecule has 1 atom stereocenters. The molecule has 72 valence electrons. The molecule has 0 radical (unpaired) electrons. The zero-order chi connectivity index (χ0) is 9.97. The quantitative estimate of drug-likeness (QED) is 0.400. The molecule has 4 heteroatoms. The minimum absolute atomic E-state index is 0.00917. The smallest absolute Gasteiger partial charge is 0.119 e. The van der Waals surface area contributed by atoms with Gasteiger partial charge in [-0.1, -0.05) is 11.2 Å². The molecule has 4 nitrogen and oxygen atoms in total. The molecule has 0 saturated heterocycles. The van der Waals surface area contributed by atoms with Crippen molar-refractivity contribution in [1.82, 2.24) is 0 Å². The number of nitrogens with zero attached hydrogens (tertiary/aromatic N) is 3. The van der Waals surface area contributed by atoms with Crippen molar-refractivity contribution in [2.45, 2.75) is 18.9 Å². The molecule has 0 fully saturated rings. The number of methoxy groups -OCH3 is 1. The predicted octanol–water partition coefficient (Wildman–Crippen LogP) is 2.99. The van der Waals surface area contributed by atoms with Gasteiger partial charge in [-0.2, -0.15) is 0 Å². The minimum Gasteiger partial charge on any atom is -0.497 e. The summed E-state index contributed by atoms with van der Waals surface area (Å²) in [4.78, 5) is 2.86. The molecule has 2 rings (SSSR count). The van der Waals surface area contributed by atoms with Crippen LogP contribution in [0.1, 0.15) is 23.6 Å². The molecule has 0 amide bonds. The van der Waals surface area contributed by atoms with Crippen LogP contribution in [0.15, 0.2) is 23.3 Å². The molecule has 0 heterocycles. The fourth-order valence-electron chi connectivity index (χ4n) is 1.87. The number of fused-ring (bicyclic) bond motifs is 1. The third-order valence-electron chi connectivity index (χ3n) is 2.59. The van der Waals surface area contributed by atoms with Crippen molar-refractivity contribution in [1.29, 1.82) is 0 Å². The topological polar surface area (TPSA) is 58.0 Å². The highest BCUT2D eigenvalue weighted by molar-refractivity contribution is 5.40. The molecule has 0 saturated carbocycles. The number of hydrogen-bond donors (Lipinski definition) is 0. The van der Waals surface area contributed by atoms with Gasteiger partial charge in [0.15, 0.2) is 0 Å². The van der Waals surface area contributed by atoms with Crippen LogP contribution < -0.4 is 4.74 Å². The fourth-order valence-corrected chi connectivity index (χ4v) is 1.87. The number of benzene rings is 1. The van der Waals surface area contributed by atoms with Gasteiger partial charge in [-0.3, -0.25) is 0 Å². The number of hydrogen-bond acceptors (Lipinski definition) is 2. The van der Waals surface area contributed by atoms with Crippen molar-refractivity contribution in [3.63, 3.8) is 0 Å². The first kappa shape index (κ1) is 8.91. The summed E-state index contributed by atoms with van der Waals surface area (Å²) in [6.07, 6.45) is 1.90. The van der Waals surface area contributed by atoms with Gasteiger partial charge < -0.3 is 4.74 Å². The molecule has 1 aromatic carbocycles. The molecule has 1 aliphatic rings. The maximum atomic E-state index is 8.41. The summed E-state index contributed by atoms with van der Waals surface area (Å²) in [6, 6.07) is 5.94. The first-order valence-corrected chi connectivity index (χ1v) is 4.56. The maximum absolute atomic E-state index is 8.41. The summed E-state index contributed by atoms with van der Waals surface area (Å²) in [5.74, 6) is 0.823. The van der Waals surface area contributed by atoms with Crippen molar-refractivity contribution in [2.24, 2.45) is 5.11 Å². The molecule has 0 bridgehead atoms. The van der Waals surface area contributed by atoms with E-state index < -0.39 is 0 Å². The molecule has 0 aromatic heterocycles. The lowest BCUT2D eigenvalue weighted by molar-refractivity contribution is 0.414. The van der Waals surface area contributed by atoms with Crippen LogP contribution in [0, 0.1) is 0 Å². The Hall–Kier alpha value is -1.67. The van der Waals surface area contributed by atoms with Crippen LogP contribution in [0.3, 0.4) is 0 Å². The average Bonchev–Trinajstić information content (AvgIpc) is 2.61. The van der Waals surface area contributed by atoms with Crippen LogP contribution in [0.5, 0.6) is 5.75 Å². The lowest BCUT2D eigenvalue weighted by atomic mass is 10.1. The molecule has 0 N–H and O–H groups in total. The lowest BCUT2D eigenvalue weighted by Gasteiger charge is -2.06. The molecule has 1 aromatic rings. The third kappa shape index (κ3) is 1.40. The highest BCUT2D eigenvalue weighted by atomic mass is 16.5. The van der Waals surface area contributed by atoms with E-state index in [9.17, 15) is 0 Å². The summed E-state index contributed by atoms with van der Waals surface area (Å²) in [7, 11) is 1.64. The number of azide groups is 1. The van der Waals surface area contributed by atoms with Gasteiger partial charge in [-0.15, -0.1) is 0 Å². The summed E-state index contributed by atoms with van der Waals surface area (Å²) >= 11 is 0. The molecule has 0 spiro atoms. The first-order chi connectivity index (χ1) is 6.85. The van der Waals surface area contributed by atoms with E-state index in [2.05, 4.69) is 10.0 Å². The Bertz CT molecular complexity index is 396. The summed E-state index contributed by atoms with van der Waals surface area (Å²) in [5, 5.41) is 3.77. The Morgan fingerprint density at radius 3 is 3.14 bits per heavy atom. The Kier molecular flexibility index (Phi) is 2.29. The lowest BCUT2D eigenvalue weighted by Crippen LogP contribution is -1.90. The summed E-state index contributed by atoms with van der Waals surface area (Å²) < 4.78 is 5.13. The Morgan fingerprint density at radius 2 is 2.43 bits per heavy atom. The van der Waals surface area contributed by atoms with Crippen molar-refractivity contribution in [3.8, 4) is 5.75 Å². The van der Waals surface area contributed by atoms with Gasteiger partial charge >= 0.3 is 0 Å². The largest absolute Gasteiger partial charge is 0.497 e. The van der Waals surface area contributed by atoms with Gasteiger partial charge in [0.25, 0.3) is 0 Å². The van der Waals surface area contributed by atoms with Crippen LogP contribution in [0.4, 0.5) is 0 Å². The first-order valence-electron chi connectivity index (χ1n) is 4.56. The van der Waals surface area contributed by atoms with Crippen LogP contribution in [0.2, 0.25) is 0 Å². The number of ether oxygens (including phenoxy) is 1. The van der Waals surface area contributed by atoms with E-state index in [0.717, 1.165) is 24.2 Å². The van der Waals surface area contributed by atoms with Gasteiger partial charge in [-0.05, 0) is 41.6 Å². The SMILES string of the molecule is COc1ccc2c(c1)[C@H](N=[N+]=[N-])CC2. The van der Waals surface area contributed by atoms with E-state index in [-0.39, 0.29) is 6.04 Å². The molecular weight excluding hydrogens is 178 g/mol. The maximum Gasteiger partial charge on any atom is 0.119 e. The van der Waals surface area contributed by atoms with Gasteiger partial charge in [-0.25, -0.2) is 0 Å². The summed E-state index contributed by atoms with van der Waals surface area (Å²) in [6.45, 7) is 0. The predicted molar refractivity (Wildman–Crippen MR) is 53.2 cm³/mol. The number of aryl methyl sites for hydroxylation is 1. The highest BCUT2D eigenvalue weighted by Crippen LogP contribution is 2.36. The van der Waals surface area contributed by atoms with Crippen LogP contribution in [0.25, 0.3) is 10.4 Å². The van der Waals surface area contributed by atoms with Crippen LogP contribution >= 0.6 is 0 Å². The van der Waals surface area contributed by atoms with E-state index in [1.807, 2.05) is 18.2 Å². The second-order valence-electron chi connectivity index (χ2n) is 3.32. The molecule has 1 aliphatic carbocycles. The van der Waals surface area contributed by atoms with Gasteiger partial charge in [0, 0.05) is 4.91 Å². The van der Waals surface area contributed by atoms with Gasteiger partial charge in [0.05, 0.1) is 13.2 Å². The third-order valence-corrected chi connectivity index (χ3v) is 2.59. The van der Waals surface area contributed by atoms with E-state index in [1.54, 1.807) is 7.11 Å². The van der Waals surface area contributed by atoms with Gasteiger partial charge in [0.1, 0.15) is 5.75 Å². The van der Waals surface area contributed by atoms with Gasteiger partial charge in [0.2, 0.25) is 0 Å². The second kappa shape index (κ2) is 3.60. The van der Waals surface area contributed by atoms with E-state index >= 15 is 0 Å². The van der Waals surface area contributed by atoms with Crippen molar-refractivity contribution in [2.75, 3.05) is 7.11 Å². The van der Waals surface area contributed by atoms with E-state index in [4.69, 9.17) is 10.3 Å². The van der Waals surface area contributed by atoms with Crippen molar-refractivity contribution < 1.29 is 4.74 Å². The molecule has 0 unspecified atom stereocenters. The standard InChI is InChI=1S/C10H11N3O/c1-14-8-4-2-7-3-5-10(12-13-11)9(7)6-8/h2,4,6,10H,3,5H2,1H3/t10-/m1/s1. The Labute approximate surface area is 82.1 Å². The highest BCUT2D eigenvalue weighted by Gasteiger charge is 2.21. The fraction of sp³-hybridized carbons (Fsp3) is 0.400. The second-order valence-corrected chi connectivity index (χ2v) is 3.32. The minimum atomic E-state index is -0.00917.